The molecule has 3 rings (SSSR count). The second kappa shape index (κ2) is 8.21. The Kier molecular flexibility index (Phi) is 5.77. The second-order valence-corrected chi connectivity index (χ2v) is 7.02. The molecule has 9 heteroatoms. The number of aryl methyl sites for hydroxylation is 1. The number of nitrogens with zero attached hydrogens (tertiary/aromatic N) is 3. The molecule has 2 N–H and O–H groups in total. The van der Waals surface area contributed by atoms with E-state index in [1.807, 2.05) is 23.7 Å². The standard InChI is InChI=1S/C16H20N4O4S/c21-15(11-5-6-24-10-11)17-14(16(22)23)4-3-12-8-20(19-18-12)9-13-2-1-7-25-13/h1-2,7-8,11,14H,3-6,9-10H2,(H,17,21)(H,22,23)/t11?,14-/m0/s1. The molecule has 2 aromatic heterocycles. The maximum atomic E-state index is 12.1. The molecule has 25 heavy (non-hydrogen) atoms. The summed E-state index contributed by atoms with van der Waals surface area (Å²) in [7, 11) is 0. The summed E-state index contributed by atoms with van der Waals surface area (Å²) < 4.78 is 6.89. The van der Waals surface area contributed by atoms with Gasteiger partial charge >= 0.3 is 5.97 Å². The van der Waals surface area contributed by atoms with Crippen LogP contribution >= 0.6 is 11.3 Å². The van der Waals surface area contributed by atoms with Gasteiger partial charge in [-0.1, -0.05) is 11.3 Å². The van der Waals surface area contributed by atoms with Crippen molar-refractivity contribution in [2.24, 2.45) is 5.92 Å². The van der Waals surface area contributed by atoms with Crippen LogP contribution in [0, 0.1) is 5.92 Å². The molecule has 0 saturated carbocycles. The molecule has 134 valence electrons. The van der Waals surface area contributed by atoms with Gasteiger partial charge < -0.3 is 15.2 Å². The Morgan fingerprint density at radius 2 is 2.40 bits per heavy atom. The lowest BCUT2D eigenvalue weighted by molar-refractivity contribution is -0.142. The van der Waals surface area contributed by atoms with E-state index in [2.05, 4.69) is 15.6 Å². The number of thiophene rings is 1. The Morgan fingerprint density at radius 3 is 3.08 bits per heavy atom. The SMILES string of the molecule is O=C(N[C@@H](CCc1cn(Cc2cccs2)nn1)C(=O)O)C1CCOC1. The summed E-state index contributed by atoms with van der Waals surface area (Å²) in [5.41, 5.74) is 0.709. The predicted molar refractivity (Wildman–Crippen MR) is 90.3 cm³/mol. The number of aliphatic carboxylic acids is 1. The lowest BCUT2D eigenvalue weighted by atomic mass is 10.1. The Bertz CT molecular complexity index is 710. The minimum atomic E-state index is -1.04. The third-order valence-corrected chi connectivity index (χ3v) is 4.95. The minimum Gasteiger partial charge on any atom is -0.480 e. The monoisotopic (exact) mass is 364 g/mol. The van der Waals surface area contributed by atoms with Crippen molar-refractivity contribution < 1.29 is 19.4 Å². The Morgan fingerprint density at radius 1 is 1.52 bits per heavy atom. The predicted octanol–water partition coefficient (Wildman–Crippen LogP) is 0.926. The van der Waals surface area contributed by atoms with E-state index in [0.29, 0.717) is 38.3 Å². The maximum Gasteiger partial charge on any atom is 0.326 e. The van der Waals surface area contributed by atoms with E-state index in [-0.39, 0.29) is 18.2 Å². The molecule has 0 aromatic carbocycles. The second-order valence-electron chi connectivity index (χ2n) is 5.99. The molecule has 8 nitrogen and oxygen atoms in total. The number of nitrogens with one attached hydrogen (secondary N) is 1. The van der Waals surface area contributed by atoms with E-state index in [4.69, 9.17) is 4.74 Å². The van der Waals surface area contributed by atoms with Gasteiger partial charge in [-0.25, -0.2) is 9.48 Å². The van der Waals surface area contributed by atoms with Crippen LogP contribution in [0.3, 0.4) is 0 Å². The fourth-order valence-electron chi connectivity index (χ4n) is 2.67. The molecule has 2 atom stereocenters. The van der Waals surface area contributed by atoms with Crippen LogP contribution < -0.4 is 5.32 Å². The van der Waals surface area contributed by atoms with Crippen LogP contribution in [-0.4, -0.2) is 51.2 Å². The van der Waals surface area contributed by atoms with E-state index in [1.165, 1.54) is 4.88 Å². The summed E-state index contributed by atoms with van der Waals surface area (Å²) in [5.74, 6) is -1.56. The summed E-state index contributed by atoms with van der Waals surface area (Å²) in [6.07, 6.45) is 3.15. The first kappa shape index (κ1) is 17.6. The fraction of sp³-hybridized carbons (Fsp3) is 0.500. The van der Waals surface area contributed by atoms with Crippen molar-refractivity contribution in [3.05, 3.63) is 34.3 Å². The lowest BCUT2D eigenvalue weighted by Gasteiger charge is -2.16. The summed E-state index contributed by atoms with van der Waals surface area (Å²) >= 11 is 1.64. The number of carboxylic acid groups (broad SMARTS) is 1. The first-order valence-electron chi connectivity index (χ1n) is 8.14. The molecular formula is C16H20N4O4S. The number of aromatic nitrogens is 3. The van der Waals surface area contributed by atoms with E-state index in [1.54, 1.807) is 16.0 Å². The molecule has 1 fully saturated rings. The first-order chi connectivity index (χ1) is 12.1. The number of carbonyl (C=O) groups excluding carboxylic acids is 1. The number of carbonyl (C=O) groups is 2. The van der Waals surface area contributed by atoms with Crippen LogP contribution in [-0.2, 0) is 27.3 Å². The fourth-order valence-corrected chi connectivity index (χ4v) is 3.37. The normalized spacial score (nSPS) is 18.2. The van der Waals surface area contributed by atoms with Crippen molar-refractivity contribution in [2.75, 3.05) is 13.2 Å². The van der Waals surface area contributed by atoms with Crippen molar-refractivity contribution in [3.8, 4) is 0 Å². The van der Waals surface area contributed by atoms with Gasteiger partial charge in [0.2, 0.25) is 5.91 Å². The zero-order chi connectivity index (χ0) is 17.6. The highest BCUT2D eigenvalue weighted by Gasteiger charge is 2.28. The smallest absolute Gasteiger partial charge is 0.326 e. The van der Waals surface area contributed by atoms with Crippen LogP contribution in [0.25, 0.3) is 0 Å². The van der Waals surface area contributed by atoms with Crippen molar-refractivity contribution in [1.29, 1.82) is 0 Å². The maximum absolute atomic E-state index is 12.1. The summed E-state index contributed by atoms with van der Waals surface area (Å²) in [6.45, 7) is 1.55. The number of rotatable bonds is 8. The third-order valence-electron chi connectivity index (χ3n) is 4.09. The average molecular weight is 364 g/mol. The largest absolute Gasteiger partial charge is 0.480 e. The molecule has 0 bridgehead atoms. The Hall–Kier alpha value is -2.26. The molecule has 0 spiro atoms. The number of ether oxygens (including phenoxy) is 1. The van der Waals surface area contributed by atoms with E-state index in [0.717, 1.165) is 0 Å². The van der Waals surface area contributed by atoms with Crippen molar-refractivity contribution in [3.63, 3.8) is 0 Å². The third kappa shape index (κ3) is 4.86. The van der Waals surface area contributed by atoms with Gasteiger partial charge in [0.15, 0.2) is 0 Å². The van der Waals surface area contributed by atoms with Crippen molar-refractivity contribution in [2.45, 2.75) is 31.8 Å². The van der Waals surface area contributed by atoms with Gasteiger partial charge in [-0.05, 0) is 30.7 Å². The van der Waals surface area contributed by atoms with Gasteiger partial charge in [0.25, 0.3) is 0 Å². The Balaban J connectivity index is 1.51. The molecule has 0 radical (unpaired) electrons. The number of hydrogen-bond donors (Lipinski definition) is 2. The summed E-state index contributed by atoms with van der Waals surface area (Å²) in [4.78, 5) is 24.6. The van der Waals surface area contributed by atoms with Gasteiger partial charge in [0.05, 0.1) is 24.8 Å². The van der Waals surface area contributed by atoms with Crippen LogP contribution in [0.1, 0.15) is 23.4 Å². The van der Waals surface area contributed by atoms with E-state index < -0.39 is 12.0 Å². The van der Waals surface area contributed by atoms with Crippen molar-refractivity contribution in [1.82, 2.24) is 20.3 Å². The molecule has 1 aliphatic heterocycles. The molecule has 1 aliphatic rings. The molecule has 2 aromatic rings. The van der Waals surface area contributed by atoms with Crippen LogP contribution in [0.4, 0.5) is 0 Å². The molecule has 1 saturated heterocycles. The first-order valence-corrected chi connectivity index (χ1v) is 9.02. The topological polar surface area (TPSA) is 106 Å². The average Bonchev–Trinajstić information content (AvgIpc) is 3.33. The molecule has 3 heterocycles. The summed E-state index contributed by atoms with van der Waals surface area (Å²) in [5, 5.41) is 22.1. The van der Waals surface area contributed by atoms with E-state index in [9.17, 15) is 14.7 Å². The van der Waals surface area contributed by atoms with Gasteiger partial charge in [0.1, 0.15) is 6.04 Å². The minimum absolute atomic E-state index is 0.256. The lowest BCUT2D eigenvalue weighted by Crippen LogP contribution is -2.44. The zero-order valence-electron chi connectivity index (χ0n) is 13.6. The quantitative estimate of drug-likeness (QED) is 0.722. The van der Waals surface area contributed by atoms with Gasteiger partial charge in [-0.3, -0.25) is 4.79 Å². The number of carboxylic acids is 1. The van der Waals surface area contributed by atoms with Crippen molar-refractivity contribution >= 4 is 23.2 Å². The highest BCUT2D eigenvalue weighted by molar-refractivity contribution is 7.09. The number of hydrogen-bond acceptors (Lipinski definition) is 6. The Labute approximate surface area is 148 Å². The molecular weight excluding hydrogens is 344 g/mol. The highest BCUT2D eigenvalue weighted by atomic mass is 32.1. The molecule has 0 aliphatic carbocycles. The van der Waals surface area contributed by atoms with E-state index >= 15 is 0 Å². The van der Waals surface area contributed by atoms with Crippen LogP contribution in [0.5, 0.6) is 0 Å². The highest BCUT2D eigenvalue weighted by Crippen LogP contribution is 2.14. The summed E-state index contributed by atoms with van der Waals surface area (Å²) in [6, 6.07) is 3.07. The molecule has 1 unspecified atom stereocenters. The molecule has 1 amide bonds. The van der Waals surface area contributed by atoms with Gasteiger partial charge in [-0.2, -0.15) is 0 Å². The van der Waals surface area contributed by atoms with Crippen LogP contribution in [0.2, 0.25) is 0 Å². The number of amides is 1. The van der Waals surface area contributed by atoms with Gasteiger partial charge in [0, 0.05) is 17.7 Å². The zero-order valence-corrected chi connectivity index (χ0v) is 14.4. The van der Waals surface area contributed by atoms with Crippen LogP contribution in [0.15, 0.2) is 23.7 Å². The van der Waals surface area contributed by atoms with Gasteiger partial charge in [-0.15, -0.1) is 16.4 Å².